The van der Waals surface area contributed by atoms with Crippen molar-refractivity contribution in [2.75, 3.05) is 38.1 Å². The Morgan fingerprint density at radius 1 is 0.854 bits per heavy atom. The van der Waals surface area contributed by atoms with Gasteiger partial charge in [0.15, 0.2) is 6.61 Å². The maximum atomic E-state index is 13.7. The average molecular weight is 676 g/mol. The highest BCUT2D eigenvalue weighted by Gasteiger charge is 2.31. The lowest BCUT2D eigenvalue weighted by molar-refractivity contribution is -0.153. The number of hydrogen-bond acceptors (Lipinski definition) is 7. The Morgan fingerprint density at radius 3 is 2.10 bits per heavy atom. The average Bonchev–Trinajstić information content (AvgIpc) is 3.46. The molecular weight excluding hydrogens is 644 g/mol. The predicted molar refractivity (Wildman–Crippen MR) is 161 cm³/mol. The Hall–Kier alpha value is -4.99. The van der Waals surface area contributed by atoms with E-state index in [1.165, 1.54) is 29.1 Å². The molecule has 1 aliphatic rings. The standard InChI is InChI=1S/C32H31F6N7O3/c1-2-26-28(30(47)44-15-13-43(14-16-44)18-21-3-10-25(11-4-21)48-20-31(33,34)35)45(42-41-26)19-22-5-12-27(39-17-22)29(46)40-24-8-6-23(7-9-24)32(36,37)38/h3-12,17H,2,13-16,18-20H2,1H3,(H,40,46). The third kappa shape index (κ3) is 8.87. The Balaban J connectivity index is 1.16. The number of halogens is 6. The molecule has 0 atom stereocenters. The minimum absolute atomic E-state index is 0.0476. The second-order valence-electron chi connectivity index (χ2n) is 11.1. The van der Waals surface area contributed by atoms with Crippen molar-refractivity contribution in [1.29, 1.82) is 0 Å². The fourth-order valence-corrected chi connectivity index (χ4v) is 5.07. The van der Waals surface area contributed by atoms with Gasteiger partial charge in [0.2, 0.25) is 0 Å². The molecule has 2 aromatic carbocycles. The summed E-state index contributed by atoms with van der Waals surface area (Å²) in [6, 6.07) is 13.6. The number of nitrogens with zero attached hydrogens (tertiary/aromatic N) is 6. The van der Waals surface area contributed by atoms with E-state index in [9.17, 15) is 35.9 Å². The van der Waals surface area contributed by atoms with Crippen molar-refractivity contribution in [3.8, 4) is 5.75 Å². The number of aryl methyl sites for hydroxylation is 1. The number of benzene rings is 2. The molecule has 2 amide bonds. The first kappa shape index (κ1) is 34.3. The molecule has 1 saturated heterocycles. The zero-order valence-electron chi connectivity index (χ0n) is 25.7. The van der Waals surface area contributed by atoms with E-state index in [-0.39, 0.29) is 29.6 Å². The number of aromatic nitrogens is 4. The van der Waals surface area contributed by atoms with E-state index in [1.54, 1.807) is 23.1 Å². The number of amides is 2. The van der Waals surface area contributed by atoms with Crippen molar-refractivity contribution >= 4 is 17.5 Å². The number of piperazine rings is 1. The Labute approximate surface area is 271 Å². The summed E-state index contributed by atoms with van der Waals surface area (Å²) in [5, 5.41) is 10.9. The van der Waals surface area contributed by atoms with Gasteiger partial charge in [0.25, 0.3) is 11.8 Å². The van der Waals surface area contributed by atoms with Crippen LogP contribution in [0.3, 0.4) is 0 Å². The lowest BCUT2D eigenvalue weighted by Gasteiger charge is -2.34. The highest BCUT2D eigenvalue weighted by Crippen LogP contribution is 2.30. The van der Waals surface area contributed by atoms with Gasteiger partial charge in [-0.05, 0) is 60.0 Å². The van der Waals surface area contributed by atoms with Crippen molar-refractivity contribution in [1.82, 2.24) is 29.8 Å². The van der Waals surface area contributed by atoms with Crippen molar-refractivity contribution in [3.05, 3.63) is 101 Å². The third-order valence-electron chi connectivity index (χ3n) is 7.59. The van der Waals surface area contributed by atoms with Crippen LogP contribution in [0, 0.1) is 0 Å². The fraction of sp³-hybridized carbons (Fsp3) is 0.344. The summed E-state index contributed by atoms with van der Waals surface area (Å²) in [6.45, 7) is 3.30. The molecule has 1 N–H and O–H groups in total. The first-order valence-corrected chi connectivity index (χ1v) is 14.9. The van der Waals surface area contributed by atoms with E-state index in [4.69, 9.17) is 4.74 Å². The highest BCUT2D eigenvalue weighted by molar-refractivity contribution is 6.02. The molecule has 0 spiro atoms. The summed E-state index contributed by atoms with van der Waals surface area (Å²) in [7, 11) is 0. The number of carbonyl (C=O) groups is 2. The van der Waals surface area contributed by atoms with E-state index < -0.39 is 30.4 Å². The number of anilines is 1. The molecule has 4 aromatic rings. The van der Waals surface area contributed by atoms with Gasteiger partial charge in [-0.25, -0.2) is 4.68 Å². The normalized spacial score (nSPS) is 14.2. The van der Waals surface area contributed by atoms with Crippen LogP contribution in [-0.2, 0) is 25.7 Å². The van der Waals surface area contributed by atoms with Crippen molar-refractivity contribution in [2.24, 2.45) is 0 Å². The number of nitrogens with one attached hydrogen (secondary N) is 1. The van der Waals surface area contributed by atoms with Gasteiger partial charge >= 0.3 is 12.4 Å². The number of alkyl halides is 6. The summed E-state index contributed by atoms with van der Waals surface area (Å²) in [4.78, 5) is 34.3. The fourth-order valence-electron chi connectivity index (χ4n) is 5.07. The summed E-state index contributed by atoms with van der Waals surface area (Å²) in [5.74, 6) is -0.683. The monoisotopic (exact) mass is 675 g/mol. The largest absolute Gasteiger partial charge is 0.484 e. The van der Waals surface area contributed by atoms with Gasteiger partial charge in [0, 0.05) is 44.6 Å². The molecule has 0 radical (unpaired) electrons. The van der Waals surface area contributed by atoms with Crippen molar-refractivity contribution < 1.29 is 40.7 Å². The molecule has 0 saturated carbocycles. The summed E-state index contributed by atoms with van der Waals surface area (Å²) in [6.07, 6.45) is -6.96. The lowest BCUT2D eigenvalue weighted by atomic mass is 10.1. The minimum Gasteiger partial charge on any atom is -0.484 e. The number of pyridine rings is 1. The lowest BCUT2D eigenvalue weighted by Crippen LogP contribution is -2.48. The van der Waals surface area contributed by atoms with Crippen LogP contribution in [-0.4, -0.2) is 80.6 Å². The SMILES string of the molecule is CCc1nnn(Cc2ccc(C(=O)Nc3ccc(C(F)(F)F)cc3)nc2)c1C(=O)N1CCN(Cc2ccc(OCC(F)(F)F)cc2)CC1. The van der Waals surface area contributed by atoms with Crippen LogP contribution < -0.4 is 10.1 Å². The van der Waals surface area contributed by atoms with Gasteiger partial charge in [-0.1, -0.05) is 30.3 Å². The number of carbonyl (C=O) groups excluding carboxylic acids is 2. The van der Waals surface area contributed by atoms with E-state index >= 15 is 0 Å². The topological polar surface area (TPSA) is 105 Å². The zero-order chi connectivity index (χ0) is 34.5. The summed E-state index contributed by atoms with van der Waals surface area (Å²) >= 11 is 0. The van der Waals surface area contributed by atoms with Crippen molar-refractivity contribution in [2.45, 2.75) is 38.8 Å². The molecular formula is C32H31F6N7O3. The van der Waals surface area contributed by atoms with Crippen LogP contribution in [0.2, 0.25) is 0 Å². The first-order valence-electron chi connectivity index (χ1n) is 14.9. The first-order chi connectivity index (χ1) is 22.8. The van der Waals surface area contributed by atoms with Gasteiger partial charge in [0.1, 0.15) is 17.1 Å². The van der Waals surface area contributed by atoms with Crippen LogP contribution in [0.1, 0.15) is 50.3 Å². The summed E-state index contributed by atoms with van der Waals surface area (Å²) < 4.78 is 81.8. The van der Waals surface area contributed by atoms with Crippen molar-refractivity contribution in [3.63, 3.8) is 0 Å². The molecule has 0 aliphatic carbocycles. The number of rotatable bonds is 10. The van der Waals surface area contributed by atoms with Gasteiger partial charge < -0.3 is 15.0 Å². The second-order valence-corrected chi connectivity index (χ2v) is 11.1. The third-order valence-corrected chi connectivity index (χ3v) is 7.59. The van der Waals surface area contributed by atoms with Crippen LogP contribution in [0.5, 0.6) is 5.75 Å². The maximum absolute atomic E-state index is 13.7. The highest BCUT2D eigenvalue weighted by atomic mass is 19.4. The van der Waals surface area contributed by atoms with Crippen LogP contribution in [0.15, 0.2) is 66.9 Å². The van der Waals surface area contributed by atoms with E-state index in [1.807, 2.05) is 6.92 Å². The molecule has 3 heterocycles. The number of ether oxygens (including phenoxy) is 1. The van der Waals surface area contributed by atoms with Crippen LogP contribution in [0.25, 0.3) is 0 Å². The Bertz CT molecular complexity index is 1700. The predicted octanol–water partition coefficient (Wildman–Crippen LogP) is 5.45. The zero-order valence-corrected chi connectivity index (χ0v) is 25.7. The molecule has 0 bridgehead atoms. The van der Waals surface area contributed by atoms with Gasteiger partial charge in [-0.3, -0.25) is 19.5 Å². The molecule has 2 aromatic heterocycles. The number of hydrogen-bond donors (Lipinski definition) is 1. The van der Waals surface area contributed by atoms with Gasteiger partial charge in [-0.15, -0.1) is 5.10 Å². The molecule has 10 nitrogen and oxygen atoms in total. The quantitative estimate of drug-likeness (QED) is 0.223. The minimum atomic E-state index is -4.48. The molecule has 254 valence electrons. The Morgan fingerprint density at radius 2 is 1.52 bits per heavy atom. The smallest absolute Gasteiger partial charge is 0.422 e. The molecule has 1 fully saturated rings. The van der Waals surface area contributed by atoms with Gasteiger partial charge in [-0.2, -0.15) is 26.3 Å². The van der Waals surface area contributed by atoms with Crippen LogP contribution >= 0.6 is 0 Å². The summed E-state index contributed by atoms with van der Waals surface area (Å²) in [5.41, 5.74) is 1.84. The second kappa shape index (κ2) is 14.4. The Kier molecular flexibility index (Phi) is 10.3. The molecule has 0 unspecified atom stereocenters. The maximum Gasteiger partial charge on any atom is 0.422 e. The van der Waals surface area contributed by atoms with E-state index in [0.717, 1.165) is 29.8 Å². The molecule has 16 heteroatoms. The molecule has 48 heavy (non-hydrogen) atoms. The van der Waals surface area contributed by atoms with E-state index in [2.05, 4.69) is 25.5 Å². The van der Waals surface area contributed by atoms with Crippen LogP contribution in [0.4, 0.5) is 32.0 Å². The van der Waals surface area contributed by atoms with E-state index in [0.29, 0.717) is 56.1 Å². The molecule has 5 rings (SSSR count). The molecule has 1 aliphatic heterocycles. The van der Waals surface area contributed by atoms with Gasteiger partial charge in [0.05, 0.1) is 17.8 Å².